The molecule has 2 aromatic carbocycles. The Morgan fingerprint density at radius 3 is 1.29 bits per heavy atom. The molecular weight excluding hydrogens is 588 g/mol. The van der Waals surface area contributed by atoms with E-state index < -0.39 is 0 Å². The van der Waals surface area contributed by atoms with Crippen LogP contribution in [0.25, 0.3) is 0 Å². The monoisotopic (exact) mass is 675 g/mol. The Labute approximate surface area is 303 Å². The molecule has 0 spiro atoms. The Morgan fingerprint density at radius 2 is 0.917 bits per heavy atom. The van der Waals surface area contributed by atoms with Gasteiger partial charge in [-0.05, 0) is 91.5 Å². The zero-order chi connectivity index (χ0) is 37.6. The van der Waals surface area contributed by atoms with Gasteiger partial charge in [-0.25, -0.2) is 0 Å². The van der Waals surface area contributed by atoms with E-state index in [1.807, 2.05) is 118 Å². The number of nitrogens with one attached hydrogen (secondary N) is 2. The molecule has 4 nitrogen and oxygen atoms in total. The summed E-state index contributed by atoms with van der Waals surface area (Å²) < 4.78 is 11.1. The van der Waals surface area contributed by atoms with Gasteiger partial charge in [0.2, 0.25) is 0 Å². The van der Waals surface area contributed by atoms with Gasteiger partial charge in [-0.3, -0.25) is 0 Å². The molecule has 4 rings (SSSR count). The fourth-order valence-electron chi connectivity index (χ4n) is 4.97. The summed E-state index contributed by atoms with van der Waals surface area (Å²) in [5, 5.41) is 6.89. The van der Waals surface area contributed by atoms with Gasteiger partial charge >= 0.3 is 0 Å². The van der Waals surface area contributed by atoms with Crippen molar-refractivity contribution in [1.82, 2.24) is 5.32 Å². The summed E-state index contributed by atoms with van der Waals surface area (Å²) in [5.74, 6) is 0.942. The van der Waals surface area contributed by atoms with E-state index in [4.69, 9.17) is 9.47 Å². The Balaban J connectivity index is -0.000000251. The summed E-state index contributed by atoms with van der Waals surface area (Å²) in [4.78, 5) is 0. The molecule has 0 amide bonds. The Morgan fingerprint density at radius 1 is 0.500 bits per heavy atom. The lowest BCUT2D eigenvalue weighted by Gasteiger charge is -2.24. The second-order valence-electron chi connectivity index (χ2n) is 12.2. The fraction of sp³-hybridized carbons (Fsp3) is 0.727. The van der Waals surface area contributed by atoms with Gasteiger partial charge in [0, 0.05) is 23.8 Å². The van der Waals surface area contributed by atoms with Crippen LogP contribution in [-0.2, 0) is 4.74 Å². The van der Waals surface area contributed by atoms with Crippen LogP contribution in [0.5, 0.6) is 5.75 Å². The van der Waals surface area contributed by atoms with Crippen LogP contribution in [0.15, 0.2) is 60.7 Å². The predicted molar refractivity (Wildman–Crippen MR) is 221 cm³/mol. The molecule has 2 fully saturated rings. The SMILES string of the molecule is CC.CC.CC.CC.CC(C)NC1CCCCC1.CC(C)Nc1ccccc1.CC(C)OC1CCCCC1.CC(C)Oc1ccccc1. The highest BCUT2D eigenvalue weighted by Gasteiger charge is 2.14. The molecule has 0 radical (unpaired) electrons. The van der Waals surface area contributed by atoms with Crippen molar-refractivity contribution >= 4 is 5.69 Å². The van der Waals surface area contributed by atoms with Crippen LogP contribution in [0.3, 0.4) is 0 Å². The highest BCUT2D eigenvalue weighted by atomic mass is 16.5. The predicted octanol–water partition coefficient (Wildman–Crippen LogP) is 14.1. The lowest BCUT2D eigenvalue weighted by molar-refractivity contribution is -0.0117. The van der Waals surface area contributed by atoms with Crippen LogP contribution in [0.1, 0.15) is 175 Å². The van der Waals surface area contributed by atoms with Crippen LogP contribution >= 0.6 is 0 Å². The van der Waals surface area contributed by atoms with Crippen LogP contribution in [0, 0.1) is 0 Å². The van der Waals surface area contributed by atoms with E-state index in [1.165, 1.54) is 69.9 Å². The van der Waals surface area contributed by atoms with E-state index >= 15 is 0 Å². The van der Waals surface area contributed by atoms with Crippen molar-refractivity contribution in [2.24, 2.45) is 0 Å². The van der Waals surface area contributed by atoms with E-state index in [0.717, 1.165) is 11.8 Å². The molecule has 2 aromatic rings. The molecule has 0 aliphatic heterocycles. The molecule has 0 unspecified atom stereocenters. The van der Waals surface area contributed by atoms with E-state index in [2.05, 4.69) is 64.3 Å². The van der Waals surface area contributed by atoms with Crippen molar-refractivity contribution in [1.29, 1.82) is 0 Å². The van der Waals surface area contributed by atoms with E-state index in [0.29, 0.717) is 24.3 Å². The lowest BCUT2D eigenvalue weighted by atomic mass is 9.95. The maximum Gasteiger partial charge on any atom is 0.119 e. The van der Waals surface area contributed by atoms with Crippen molar-refractivity contribution in [3.05, 3.63) is 60.7 Å². The number of hydrogen-bond acceptors (Lipinski definition) is 4. The summed E-state index contributed by atoms with van der Waals surface area (Å²) in [6, 6.07) is 22.1. The molecular formula is C44H86N2O2. The average molecular weight is 675 g/mol. The number of benzene rings is 2. The number of anilines is 1. The minimum absolute atomic E-state index is 0.266. The quantitative estimate of drug-likeness (QED) is 0.292. The molecule has 284 valence electrons. The van der Waals surface area contributed by atoms with Gasteiger partial charge in [-0.15, -0.1) is 0 Å². The summed E-state index contributed by atoms with van der Waals surface area (Å²) in [7, 11) is 0. The van der Waals surface area contributed by atoms with Crippen molar-refractivity contribution < 1.29 is 9.47 Å². The Kier molecular flexibility index (Phi) is 45.2. The number of hydrogen-bond donors (Lipinski definition) is 2. The first-order valence-corrected chi connectivity index (χ1v) is 20.1. The third-order valence-corrected chi connectivity index (χ3v) is 6.54. The van der Waals surface area contributed by atoms with Crippen molar-refractivity contribution in [3.63, 3.8) is 0 Å². The van der Waals surface area contributed by atoms with Gasteiger partial charge in [0.15, 0.2) is 0 Å². The topological polar surface area (TPSA) is 42.5 Å². The van der Waals surface area contributed by atoms with Crippen molar-refractivity contribution in [2.75, 3.05) is 5.32 Å². The first-order chi connectivity index (χ1) is 23.2. The van der Waals surface area contributed by atoms with Gasteiger partial charge in [0.1, 0.15) is 5.75 Å². The Bertz CT molecular complexity index is 728. The first kappa shape index (κ1) is 52.8. The fourth-order valence-corrected chi connectivity index (χ4v) is 4.97. The first-order valence-electron chi connectivity index (χ1n) is 20.1. The standard InChI is InChI=1S/C9H19N.C9H13N.C9H18O.C9H12O.4C2H6/c4*1-8(2)10-9-6-4-3-5-7-9;4*1-2/h8-10H,3-7H2,1-2H3;3-8,10H,1-2H3;8-9H,3-7H2,1-2H3;3-8H,1-2H3;4*1-2H3. The molecule has 4 heteroatoms. The number of para-hydroxylation sites is 2. The number of ether oxygens (including phenoxy) is 2. The summed E-state index contributed by atoms with van der Waals surface area (Å²) in [5.41, 5.74) is 1.19. The zero-order valence-electron chi connectivity index (χ0n) is 35.1. The minimum Gasteiger partial charge on any atom is -0.491 e. The molecule has 0 bridgehead atoms. The molecule has 0 aromatic heterocycles. The molecule has 2 N–H and O–H groups in total. The van der Waals surface area contributed by atoms with Gasteiger partial charge in [-0.2, -0.15) is 0 Å². The molecule has 0 atom stereocenters. The second-order valence-corrected chi connectivity index (χ2v) is 12.2. The van der Waals surface area contributed by atoms with Crippen molar-refractivity contribution in [3.8, 4) is 5.75 Å². The summed E-state index contributed by atoms with van der Waals surface area (Å²) in [6.45, 7) is 33.0. The maximum absolute atomic E-state index is 5.69. The lowest BCUT2D eigenvalue weighted by Crippen LogP contribution is -2.35. The molecule has 0 heterocycles. The molecule has 0 saturated heterocycles. The van der Waals surface area contributed by atoms with Gasteiger partial charge in [0.05, 0.1) is 18.3 Å². The Hall–Kier alpha value is -2.04. The van der Waals surface area contributed by atoms with Crippen molar-refractivity contribution in [2.45, 2.75) is 211 Å². The summed E-state index contributed by atoms with van der Waals surface area (Å²) in [6.07, 6.45) is 15.1. The molecule has 2 aliphatic carbocycles. The molecule has 48 heavy (non-hydrogen) atoms. The normalized spacial score (nSPS) is 13.8. The molecule has 2 aliphatic rings. The van der Waals surface area contributed by atoms with Gasteiger partial charge < -0.3 is 20.1 Å². The van der Waals surface area contributed by atoms with Gasteiger partial charge in [-0.1, -0.05) is 144 Å². The smallest absolute Gasteiger partial charge is 0.119 e. The van der Waals surface area contributed by atoms with Crippen LogP contribution < -0.4 is 15.4 Å². The van der Waals surface area contributed by atoms with Crippen LogP contribution in [0.4, 0.5) is 5.69 Å². The second kappa shape index (κ2) is 41.1. The van der Waals surface area contributed by atoms with Crippen LogP contribution in [-0.4, -0.2) is 36.4 Å². The molecule has 2 saturated carbocycles. The zero-order valence-corrected chi connectivity index (χ0v) is 35.1. The van der Waals surface area contributed by atoms with E-state index in [1.54, 1.807) is 0 Å². The highest BCUT2D eigenvalue weighted by Crippen LogP contribution is 2.21. The third-order valence-electron chi connectivity index (χ3n) is 6.54. The minimum atomic E-state index is 0.266. The van der Waals surface area contributed by atoms with Gasteiger partial charge in [0.25, 0.3) is 0 Å². The van der Waals surface area contributed by atoms with Crippen LogP contribution in [0.2, 0.25) is 0 Å². The van der Waals surface area contributed by atoms with E-state index in [9.17, 15) is 0 Å². The average Bonchev–Trinajstić information content (AvgIpc) is 3.10. The highest BCUT2D eigenvalue weighted by molar-refractivity contribution is 5.42. The maximum atomic E-state index is 5.69. The number of rotatable bonds is 8. The largest absolute Gasteiger partial charge is 0.491 e. The summed E-state index contributed by atoms with van der Waals surface area (Å²) >= 11 is 0. The van der Waals surface area contributed by atoms with E-state index in [-0.39, 0.29) is 6.10 Å². The third kappa shape index (κ3) is 38.4.